The Balaban J connectivity index is 0.000000396. The summed E-state index contributed by atoms with van der Waals surface area (Å²) in [5.74, 6) is 0.288. The van der Waals surface area contributed by atoms with Gasteiger partial charge in [0.2, 0.25) is 0 Å². The second-order valence-electron chi connectivity index (χ2n) is 2.60. The zero-order valence-electron chi connectivity index (χ0n) is 8.16. The average molecular weight is 178 g/mol. The van der Waals surface area contributed by atoms with Crippen LogP contribution in [0.15, 0.2) is 28.9 Å². The van der Waals surface area contributed by atoms with Crippen molar-refractivity contribution in [3.05, 3.63) is 30.0 Å². The molecular formula is C11H14O2. The molecule has 0 aliphatic carbocycles. The summed E-state index contributed by atoms with van der Waals surface area (Å²) >= 11 is 0. The molecule has 0 aliphatic rings. The summed E-state index contributed by atoms with van der Waals surface area (Å²) in [4.78, 5) is 0. The van der Waals surface area contributed by atoms with E-state index in [0.29, 0.717) is 0 Å². The van der Waals surface area contributed by atoms with Crippen LogP contribution in [0.4, 0.5) is 0 Å². The van der Waals surface area contributed by atoms with E-state index in [1.165, 1.54) is 0 Å². The van der Waals surface area contributed by atoms with E-state index < -0.39 is 0 Å². The normalized spacial score (nSPS) is 9.46. The first-order chi connectivity index (χ1) is 6.27. The molecule has 0 spiro atoms. The van der Waals surface area contributed by atoms with E-state index in [4.69, 9.17) is 4.42 Å². The lowest BCUT2D eigenvalue weighted by Gasteiger charge is -1.95. The molecule has 1 N–H and O–H groups in total. The summed E-state index contributed by atoms with van der Waals surface area (Å²) in [6, 6.07) is 5.21. The van der Waals surface area contributed by atoms with Gasteiger partial charge in [-0.3, -0.25) is 0 Å². The molecule has 1 aromatic heterocycles. The predicted octanol–water partition coefficient (Wildman–Crippen LogP) is 3.47. The van der Waals surface area contributed by atoms with Gasteiger partial charge >= 0.3 is 0 Å². The molecule has 2 heteroatoms. The highest BCUT2D eigenvalue weighted by atomic mass is 16.3. The van der Waals surface area contributed by atoms with E-state index in [1.54, 1.807) is 18.4 Å². The van der Waals surface area contributed by atoms with Crippen LogP contribution in [0.2, 0.25) is 0 Å². The van der Waals surface area contributed by atoms with E-state index in [2.05, 4.69) is 0 Å². The van der Waals surface area contributed by atoms with Crippen LogP contribution >= 0.6 is 0 Å². The Kier molecular flexibility index (Phi) is 2.96. The van der Waals surface area contributed by atoms with Gasteiger partial charge in [-0.2, -0.15) is 0 Å². The van der Waals surface area contributed by atoms with Gasteiger partial charge in [-0.05, 0) is 30.7 Å². The minimum absolute atomic E-state index is 0.288. The third kappa shape index (κ3) is 1.83. The van der Waals surface area contributed by atoms with Crippen LogP contribution in [0.1, 0.15) is 19.4 Å². The van der Waals surface area contributed by atoms with Crippen molar-refractivity contribution in [3.8, 4) is 5.75 Å². The highest BCUT2D eigenvalue weighted by Crippen LogP contribution is 2.24. The van der Waals surface area contributed by atoms with Gasteiger partial charge in [0.1, 0.15) is 11.3 Å². The minimum atomic E-state index is 0.288. The van der Waals surface area contributed by atoms with Crippen molar-refractivity contribution in [2.45, 2.75) is 20.8 Å². The van der Waals surface area contributed by atoms with E-state index in [1.807, 2.05) is 26.8 Å². The third-order valence-corrected chi connectivity index (χ3v) is 1.72. The number of rotatable bonds is 0. The quantitative estimate of drug-likeness (QED) is 0.670. The van der Waals surface area contributed by atoms with Crippen LogP contribution in [-0.4, -0.2) is 5.11 Å². The number of hydrogen-bond acceptors (Lipinski definition) is 2. The number of aromatic hydroxyl groups is 1. The van der Waals surface area contributed by atoms with Gasteiger partial charge in [-0.15, -0.1) is 0 Å². The van der Waals surface area contributed by atoms with Gasteiger partial charge in [0.25, 0.3) is 0 Å². The summed E-state index contributed by atoms with van der Waals surface area (Å²) in [5.41, 5.74) is 1.81. The first-order valence-corrected chi connectivity index (χ1v) is 4.44. The Morgan fingerprint density at radius 2 is 1.92 bits per heavy atom. The summed E-state index contributed by atoms with van der Waals surface area (Å²) < 4.78 is 5.19. The minimum Gasteiger partial charge on any atom is -0.508 e. The fourth-order valence-corrected chi connectivity index (χ4v) is 1.24. The molecule has 0 saturated carbocycles. The lowest BCUT2D eigenvalue weighted by Crippen LogP contribution is -1.72. The van der Waals surface area contributed by atoms with Crippen molar-refractivity contribution < 1.29 is 9.52 Å². The molecule has 2 aromatic rings. The number of phenols is 1. The second kappa shape index (κ2) is 3.99. The molecule has 0 fully saturated rings. The standard InChI is InChI=1S/C9H8O2.C2H6/c1-6-4-8(10)5-7-2-3-11-9(6)7;1-2/h2-5,10H,1H3;1-2H3. The predicted molar refractivity (Wildman–Crippen MR) is 54.0 cm³/mol. The second-order valence-corrected chi connectivity index (χ2v) is 2.60. The van der Waals surface area contributed by atoms with Crippen LogP contribution in [0.3, 0.4) is 0 Å². The zero-order chi connectivity index (χ0) is 9.84. The van der Waals surface area contributed by atoms with Gasteiger partial charge in [-0.25, -0.2) is 0 Å². The molecule has 1 aromatic carbocycles. The highest BCUT2D eigenvalue weighted by Gasteiger charge is 2.01. The SMILES string of the molecule is CC.Cc1cc(O)cc2ccoc12. The zero-order valence-corrected chi connectivity index (χ0v) is 8.16. The van der Waals surface area contributed by atoms with Crippen molar-refractivity contribution in [3.63, 3.8) is 0 Å². The maximum atomic E-state index is 9.19. The van der Waals surface area contributed by atoms with Crippen molar-refractivity contribution >= 4 is 11.0 Å². The molecule has 0 atom stereocenters. The molecule has 2 rings (SSSR count). The van der Waals surface area contributed by atoms with Crippen LogP contribution in [0, 0.1) is 6.92 Å². The van der Waals surface area contributed by atoms with Gasteiger partial charge in [-0.1, -0.05) is 13.8 Å². The highest BCUT2D eigenvalue weighted by molar-refractivity contribution is 5.81. The summed E-state index contributed by atoms with van der Waals surface area (Å²) in [6.07, 6.45) is 1.62. The van der Waals surface area contributed by atoms with Gasteiger partial charge in [0.05, 0.1) is 6.26 Å². The van der Waals surface area contributed by atoms with Crippen LogP contribution < -0.4 is 0 Å². The third-order valence-electron chi connectivity index (χ3n) is 1.72. The number of aryl methyl sites for hydroxylation is 1. The van der Waals surface area contributed by atoms with Crippen LogP contribution in [0.25, 0.3) is 11.0 Å². The average Bonchev–Trinajstić information content (AvgIpc) is 2.55. The molecule has 1 heterocycles. The fourth-order valence-electron chi connectivity index (χ4n) is 1.24. The Morgan fingerprint density at radius 3 is 2.62 bits per heavy atom. The maximum Gasteiger partial charge on any atom is 0.137 e. The van der Waals surface area contributed by atoms with Crippen molar-refractivity contribution in [1.29, 1.82) is 0 Å². The Labute approximate surface area is 77.8 Å². The molecular weight excluding hydrogens is 164 g/mol. The number of phenolic OH excluding ortho intramolecular Hbond substituents is 1. The topological polar surface area (TPSA) is 33.4 Å². The van der Waals surface area contributed by atoms with Crippen molar-refractivity contribution in [2.75, 3.05) is 0 Å². The molecule has 13 heavy (non-hydrogen) atoms. The molecule has 0 aliphatic heterocycles. The van der Waals surface area contributed by atoms with E-state index >= 15 is 0 Å². The summed E-state index contributed by atoms with van der Waals surface area (Å²) in [5, 5.41) is 10.1. The Bertz CT molecular complexity index is 388. The molecule has 70 valence electrons. The smallest absolute Gasteiger partial charge is 0.137 e. The Morgan fingerprint density at radius 1 is 1.23 bits per heavy atom. The molecule has 0 radical (unpaired) electrons. The van der Waals surface area contributed by atoms with Crippen molar-refractivity contribution in [2.24, 2.45) is 0 Å². The first-order valence-electron chi connectivity index (χ1n) is 4.44. The number of hydrogen-bond donors (Lipinski definition) is 1. The molecule has 0 amide bonds. The fraction of sp³-hybridized carbons (Fsp3) is 0.273. The molecule has 0 bridgehead atoms. The van der Waals surface area contributed by atoms with E-state index in [0.717, 1.165) is 16.5 Å². The summed E-state index contributed by atoms with van der Waals surface area (Å²) in [7, 11) is 0. The largest absolute Gasteiger partial charge is 0.508 e. The van der Waals surface area contributed by atoms with E-state index in [-0.39, 0.29) is 5.75 Å². The molecule has 0 unspecified atom stereocenters. The maximum absolute atomic E-state index is 9.19. The number of benzene rings is 1. The van der Waals surface area contributed by atoms with Crippen LogP contribution in [-0.2, 0) is 0 Å². The lowest BCUT2D eigenvalue weighted by atomic mass is 10.2. The van der Waals surface area contributed by atoms with E-state index in [9.17, 15) is 5.11 Å². The first kappa shape index (κ1) is 9.65. The van der Waals surface area contributed by atoms with Gasteiger partial charge in [0.15, 0.2) is 0 Å². The molecule has 0 saturated heterocycles. The number of fused-ring (bicyclic) bond motifs is 1. The van der Waals surface area contributed by atoms with Gasteiger partial charge in [0, 0.05) is 5.39 Å². The monoisotopic (exact) mass is 178 g/mol. The summed E-state index contributed by atoms with van der Waals surface area (Å²) in [6.45, 7) is 5.91. The lowest BCUT2D eigenvalue weighted by molar-refractivity contribution is 0.475. The van der Waals surface area contributed by atoms with Crippen molar-refractivity contribution in [1.82, 2.24) is 0 Å². The molecule has 2 nitrogen and oxygen atoms in total. The van der Waals surface area contributed by atoms with Gasteiger partial charge < -0.3 is 9.52 Å². The Hall–Kier alpha value is -1.44. The number of furan rings is 1. The van der Waals surface area contributed by atoms with Crippen LogP contribution in [0.5, 0.6) is 5.75 Å².